The van der Waals surface area contributed by atoms with Crippen LogP contribution in [0.2, 0.25) is 0 Å². The van der Waals surface area contributed by atoms with Crippen molar-refractivity contribution in [1.29, 1.82) is 0 Å². The van der Waals surface area contributed by atoms with E-state index in [1.807, 2.05) is 60.7 Å². The number of carbonyl (C=O) groups is 3. The number of imide groups is 1. The van der Waals surface area contributed by atoms with E-state index in [0.29, 0.717) is 0 Å². The van der Waals surface area contributed by atoms with Crippen LogP contribution in [0.1, 0.15) is 30.0 Å². The number of carbonyl (C=O) groups excluding carboxylic acids is 3. The molecule has 2 aliphatic carbocycles. The van der Waals surface area contributed by atoms with Gasteiger partial charge in [-0.25, -0.2) is 0 Å². The summed E-state index contributed by atoms with van der Waals surface area (Å²) in [5.74, 6) is -0.415. The molecule has 0 unspecified atom stereocenters. The van der Waals surface area contributed by atoms with E-state index in [1.54, 1.807) is 0 Å². The highest BCUT2D eigenvalue weighted by Gasteiger charge is 2.59. The van der Waals surface area contributed by atoms with Gasteiger partial charge < -0.3 is 5.32 Å². The maximum Gasteiger partial charge on any atom is 0.233 e. The third-order valence-corrected chi connectivity index (χ3v) is 6.70. The highest BCUT2D eigenvalue weighted by atomic mass is 16.2. The van der Waals surface area contributed by atoms with E-state index < -0.39 is 0 Å². The molecule has 3 aliphatic rings. The van der Waals surface area contributed by atoms with Crippen molar-refractivity contribution in [3.63, 3.8) is 0 Å². The summed E-state index contributed by atoms with van der Waals surface area (Å²) < 4.78 is 0. The Kier molecular flexibility index (Phi) is 4.74. The molecule has 30 heavy (non-hydrogen) atoms. The topological polar surface area (TPSA) is 66.5 Å². The Morgan fingerprint density at radius 1 is 0.867 bits per heavy atom. The second kappa shape index (κ2) is 7.56. The van der Waals surface area contributed by atoms with Crippen molar-refractivity contribution in [2.75, 3.05) is 6.54 Å². The quantitative estimate of drug-likeness (QED) is 0.599. The molecule has 2 aromatic rings. The number of rotatable bonds is 6. The second-order valence-electron chi connectivity index (χ2n) is 8.40. The molecular weight excluding hydrogens is 376 g/mol. The number of benzene rings is 2. The summed E-state index contributed by atoms with van der Waals surface area (Å²) in [5.41, 5.74) is 1.98. The highest BCUT2D eigenvalue weighted by Crippen LogP contribution is 2.52. The van der Waals surface area contributed by atoms with Gasteiger partial charge in [-0.05, 0) is 29.4 Å². The minimum absolute atomic E-state index is 0.0997. The van der Waals surface area contributed by atoms with E-state index in [4.69, 9.17) is 0 Å². The van der Waals surface area contributed by atoms with Gasteiger partial charge >= 0.3 is 0 Å². The number of nitrogens with one attached hydrogen (secondary N) is 1. The van der Waals surface area contributed by atoms with Crippen LogP contribution in [0.3, 0.4) is 0 Å². The van der Waals surface area contributed by atoms with Crippen LogP contribution < -0.4 is 5.32 Å². The normalized spacial score (nSPS) is 26.5. The van der Waals surface area contributed by atoms with E-state index in [-0.39, 0.29) is 60.4 Å². The number of likely N-dealkylation sites (tertiary alicyclic amines) is 1. The Morgan fingerprint density at radius 2 is 1.37 bits per heavy atom. The van der Waals surface area contributed by atoms with Gasteiger partial charge in [0.25, 0.3) is 0 Å². The molecule has 0 spiro atoms. The fourth-order valence-corrected chi connectivity index (χ4v) is 5.28. The molecule has 2 bridgehead atoms. The van der Waals surface area contributed by atoms with Gasteiger partial charge in [-0.2, -0.15) is 0 Å². The van der Waals surface area contributed by atoms with Gasteiger partial charge in [0.15, 0.2) is 0 Å². The van der Waals surface area contributed by atoms with Crippen molar-refractivity contribution in [2.24, 2.45) is 23.7 Å². The Bertz CT molecular complexity index is 932. The number of nitrogens with zero attached hydrogens (tertiary/aromatic N) is 1. The molecule has 1 heterocycles. The van der Waals surface area contributed by atoms with Gasteiger partial charge in [0.2, 0.25) is 17.7 Å². The molecular formula is C25H24N2O3. The third-order valence-electron chi connectivity index (χ3n) is 6.70. The Balaban J connectivity index is 1.26. The van der Waals surface area contributed by atoms with Crippen LogP contribution in [-0.2, 0) is 14.4 Å². The van der Waals surface area contributed by atoms with Crippen LogP contribution in [0, 0.1) is 23.7 Å². The number of hydrogen-bond donors (Lipinski definition) is 1. The minimum Gasteiger partial charge on any atom is -0.345 e. The Morgan fingerprint density at radius 3 is 1.87 bits per heavy atom. The minimum atomic E-state index is -0.274. The number of allylic oxidation sites excluding steroid dienone is 2. The monoisotopic (exact) mass is 400 g/mol. The molecule has 1 aliphatic heterocycles. The van der Waals surface area contributed by atoms with Crippen LogP contribution in [0.5, 0.6) is 0 Å². The summed E-state index contributed by atoms with van der Waals surface area (Å²) in [7, 11) is 0. The van der Waals surface area contributed by atoms with Gasteiger partial charge in [-0.1, -0.05) is 72.8 Å². The zero-order valence-electron chi connectivity index (χ0n) is 16.6. The summed E-state index contributed by atoms with van der Waals surface area (Å²) in [6.45, 7) is 0.145. The largest absolute Gasteiger partial charge is 0.345 e. The Labute approximate surface area is 175 Å². The molecule has 0 aromatic heterocycles. The molecule has 4 atom stereocenters. The average molecular weight is 400 g/mol. The first-order chi connectivity index (χ1) is 14.6. The van der Waals surface area contributed by atoms with Gasteiger partial charge in [-0.3, -0.25) is 19.3 Å². The number of fused-ring (bicyclic) bond motifs is 5. The van der Waals surface area contributed by atoms with E-state index >= 15 is 0 Å². The first-order valence-corrected chi connectivity index (χ1v) is 10.6. The molecule has 152 valence electrons. The van der Waals surface area contributed by atoms with Crippen LogP contribution in [0.15, 0.2) is 72.8 Å². The SMILES string of the molecule is O=C(CCN1C(=O)[C@H]2[C@H](C1=O)[C@H]1C=C[C@H]2C1)NC(c1ccccc1)c1ccccc1. The lowest BCUT2D eigenvalue weighted by Crippen LogP contribution is -2.37. The molecule has 5 nitrogen and oxygen atoms in total. The molecule has 5 rings (SSSR count). The van der Waals surface area contributed by atoms with Gasteiger partial charge in [0, 0.05) is 13.0 Å². The number of amides is 3. The molecule has 1 saturated heterocycles. The van der Waals surface area contributed by atoms with Crippen LogP contribution in [0.4, 0.5) is 0 Å². The van der Waals surface area contributed by atoms with Gasteiger partial charge in [0.1, 0.15) is 0 Å². The zero-order chi connectivity index (χ0) is 20.7. The van der Waals surface area contributed by atoms with E-state index in [9.17, 15) is 14.4 Å². The fourth-order valence-electron chi connectivity index (χ4n) is 5.28. The van der Waals surface area contributed by atoms with Crippen molar-refractivity contribution < 1.29 is 14.4 Å². The molecule has 2 fully saturated rings. The van der Waals surface area contributed by atoms with Crippen molar-refractivity contribution >= 4 is 17.7 Å². The van der Waals surface area contributed by atoms with Gasteiger partial charge in [-0.15, -0.1) is 0 Å². The van der Waals surface area contributed by atoms with Gasteiger partial charge in [0.05, 0.1) is 17.9 Å². The summed E-state index contributed by atoms with van der Waals surface area (Å²) in [6, 6.07) is 19.3. The number of hydrogen-bond acceptors (Lipinski definition) is 3. The molecule has 0 radical (unpaired) electrons. The van der Waals surface area contributed by atoms with Crippen molar-refractivity contribution in [3.05, 3.63) is 83.9 Å². The maximum atomic E-state index is 12.8. The van der Waals surface area contributed by atoms with E-state index in [1.165, 1.54) is 4.90 Å². The fraction of sp³-hybridized carbons (Fsp3) is 0.320. The summed E-state index contributed by atoms with van der Waals surface area (Å²) in [6.07, 6.45) is 5.18. The summed E-state index contributed by atoms with van der Waals surface area (Å²) >= 11 is 0. The lowest BCUT2D eigenvalue weighted by atomic mass is 9.85. The highest BCUT2D eigenvalue weighted by molar-refractivity contribution is 6.06. The zero-order valence-corrected chi connectivity index (χ0v) is 16.6. The van der Waals surface area contributed by atoms with E-state index in [2.05, 4.69) is 17.5 Å². The average Bonchev–Trinajstić information content (AvgIpc) is 3.46. The molecule has 2 aromatic carbocycles. The summed E-state index contributed by atoms with van der Waals surface area (Å²) in [4.78, 5) is 39.7. The maximum absolute atomic E-state index is 12.8. The molecule has 5 heteroatoms. The lowest BCUT2D eigenvalue weighted by Gasteiger charge is -2.21. The molecule has 1 saturated carbocycles. The van der Waals surface area contributed by atoms with Crippen molar-refractivity contribution in [2.45, 2.75) is 18.9 Å². The summed E-state index contributed by atoms with van der Waals surface area (Å²) in [5, 5.41) is 3.08. The van der Waals surface area contributed by atoms with Crippen LogP contribution in [-0.4, -0.2) is 29.2 Å². The first-order valence-electron chi connectivity index (χ1n) is 10.6. The predicted molar refractivity (Wildman–Crippen MR) is 112 cm³/mol. The van der Waals surface area contributed by atoms with Crippen molar-refractivity contribution in [3.8, 4) is 0 Å². The third kappa shape index (κ3) is 3.15. The lowest BCUT2D eigenvalue weighted by molar-refractivity contribution is -0.141. The first kappa shape index (κ1) is 18.8. The Hall–Kier alpha value is -3.21. The van der Waals surface area contributed by atoms with Crippen molar-refractivity contribution in [1.82, 2.24) is 10.2 Å². The standard InChI is InChI=1S/C25H24N2O3/c28-20(26-23(16-7-3-1-4-8-16)17-9-5-2-6-10-17)13-14-27-24(29)21-18-11-12-19(15-18)22(21)25(27)30/h1-12,18-19,21-23H,13-15H2,(H,26,28)/t18-,19-,21+,22+/m0/s1. The molecule has 3 amide bonds. The smallest absolute Gasteiger partial charge is 0.233 e. The van der Waals surface area contributed by atoms with Crippen LogP contribution >= 0.6 is 0 Å². The van der Waals surface area contributed by atoms with Crippen LogP contribution in [0.25, 0.3) is 0 Å². The predicted octanol–water partition coefficient (Wildman–Crippen LogP) is 3.09. The van der Waals surface area contributed by atoms with E-state index in [0.717, 1.165) is 17.5 Å². The molecule has 1 N–H and O–H groups in total. The second-order valence-corrected chi connectivity index (χ2v) is 8.40.